The van der Waals surface area contributed by atoms with E-state index in [1.807, 2.05) is 0 Å². The van der Waals surface area contributed by atoms with Gasteiger partial charge in [0.05, 0.1) is 0 Å². The van der Waals surface area contributed by atoms with Crippen molar-refractivity contribution in [3.63, 3.8) is 0 Å². The zero-order chi connectivity index (χ0) is 11.0. The van der Waals surface area contributed by atoms with E-state index in [1.54, 1.807) is 0 Å². The molecule has 0 heterocycles. The first-order valence-electron chi connectivity index (χ1n) is 5.73. The van der Waals surface area contributed by atoms with Crippen LogP contribution in [0.4, 0.5) is 0 Å². The average molecular weight is 307 g/mol. The molecule has 0 amide bonds. The minimum absolute atomic E-state index is 0.0451. The van der Waals surface area contributed by atoms with Gasteiger partial charge >= 0.3 is 92.9 Å². The second-order valence-electron chi connectivity index (χ2n) is 4.44. The van der Waals surface area contributed by atoms with Gasteiger partial charge in [-0.1, -0.05) is 0 Å². The van der Waals surface area contributed by atoms with Gasteiger partial charge in [-0.05, 0) is 0 Å². The van der Waals surface area contributed by atoms with E-state index in [0.29, 0.717) is 6.42 Å². The summed E-state index contributed by atoms with van der Waals surface area (Å²) >= 11 is -2.41. The van der Waals surface area contributed by atoms with Crippen molar-refractivity contribution < 1.29 is 7.87 Å². The maximum atomic E-state index is 11.4. The summed E-state index contributed by atoms with van der Waals surface area (Å²) in [4.78, 5) is 15.8. The molecular formula is C11H24O2Sn. The van der Waals surface area contributed by atoms with Crippen molar-refractivity contribution in [3.05, 3.63) is 0 Å². The molecule has 14 heavy (non-hydrogen) atoms. The SMILES string of the molecule is CCCCC(=O)[O][Sn]([CH3])([CH3])[CH2]CCC. The van der Waals surface area contributed by atoms with Crippen molar-refractivity contribution in [2.75, 3.05) is 0 Å². The van der Waals surface area contributed by atoms with Crippen molar-refractivity contribution in [3.8, 4) is 0 Å². The van der Waals surface area contributed by atoms with Crippen LogP contribution in [0, 0.1) is 0 Å². The molecule has 0 aliphatic rings. The van der Waals surface area contributed by atoms with Gasteiger partial charge in [0.25, 0.3) is 0 Å². The molecule has 0 radical (unpaired) electrons. The average Bonchev–Trinajstić information content (AvgIpc) is 2.11. The van der Waals surface area contributed by atoms with Crippen LogP contribution in [-0.2, 0) is 7.87 Å². The van der Waals surface area contributed by atoms with Gasteiger partial charge in [0.15, 0.2) is 0 Å². The molecule has 0 N–H and O–H groups in total. The Morgan fingerprint density at radius 2 is 1.71 bits per heavy atom. The Hall–Kier alpha value is 0.269. The fourth-order valence-electron chi connectivity index (χ4n) is 1.33. The van der Waals surface area contributed by atoms with Crippen molar-refractivity contribution in [1.82, 2.24) is 0 Å². The van der Waals surface area contributed by atoms with E-state index >= 15 is 0 Å². The van der Waals surface area contributed by atoms with Crippen molar-refractivity contribution in [1.29, 1.82) is 0 Å². The number of carbonyl (C=O) groups is 1. The normalized spacial score (nSPS) is 11.4. The number of unbranched alkanes of at least 4 members (excludes halogenated alkanes) is 2. The molecule has 0 saturated heterocycles. The summed E-state index contributed by atoms with van der Waals surface area (Å²) in [5.74, 6) is 0.0451. The quantitative estimate of drug-likeness (QED) is 0.670. The predicted molar refractivity (Wildman–Crippen MR) is 62.8 cm³/mol. The predicted octanol–water partition coefficient (Wildman–Crippen LogP) is 3.73. The number of carbonyl (C=O) groups excluding carboxylic acids is 1. The Bertz CT molecular complexity index is 167. The molecule has 0 bridgehead atoms. The molecule has 2 nitrogen and oxygen atoms in total. The van der Waals surface area contributed by atoms with Crippen LogP contribution in [0.25, 0.3) is 0 Å². The third kappa shape index (κ3) is 7.65. The molecule has 0 atom stereocenters. The standard InChI is InChI=1S/C5H10O2.C4H9.2CH3.Sn/c1-2-3-4-5(6)7;1-3-4-2;;;/h2-4H2,1H3,(H,6,7);1,3-4H2,2H3;2*1H3;/q;;;;+1/p-1. The van der Waals surface area contributed by atoms with Crippen LogP contribution in [0.15, 0.2) is 0 Å². The van der Waals surface area contributed by atoms with Crippen LogP contribution < -0.4 is 0 Å². The fraction of sp³-hybridized carbons (Fsp3) is 0.909. The van der Waals surface area contributed by atoms with E-state index in [4.69, 9.17) is 3.07 Å². The van der Waals surface area contributed by atoms with Gasteiger partial charge < -0.3 is 0 Å². The number of rotatable bonds is 7. The summed E-state index contributed by atoms with van der Waals surface area (Å²) in [6.07, 6.45) is 5.06. The molecule has 0 aromatic heterocycles. The van der Waals surface area contributed by atoms with Crippen LogP contribution >= 0.6 is 0 Å². The van der Waals surface area contributed by atoms with E-state index in [9.17, 15) is 4.79 Å². The van der Waals surface area contributed by atoms with Gasteiger partial charge in [-0.2, -0.15) is 0 Å². The molecule has 0 saturated carbocycles. The third-order valence-corrected chi connectivity index (χ3v) is 8.93. The second kappa shape index (κ2) is 7.55. The van der Waals surface area contributed by atoms with Crippen molar-refractivity contribution in [2.45, 2.75) is 60.3 Å². The molecule has 0 unspecified atom stereocenters. The molecule has 0 fully saturated rings. The zero-order valence-electron chi connectivity index (χ0n) is 10.1. The third-order valence-electron chi connectivity index (χ3n) is 2.26. The molecule has 0 aromatic carbocycles. The zero-order valence-corrected chi connectivity index (χ0v) is 12.9. The first-order valence-corrected chi connectivity index (χ1v) is 14.6. The van der Waals surface area contributed by atoms with Gasteiger partial charge in [0, 0.05) is 0 Å². The molecular weight excluding hydrogens is 283 g/mol. The van der Waals surface area contributed by atoms with Gasteiger partial charge in [0.1, 0.15) is 0 Å². The molecule has 84 valence electrons. The first-order chi connectivity index (χ1) is 6.52. The van der Waals surface area contributed by atoms with E-state index < -0.39 is 18.8 Å². The summed E-state index contributed by atoms with van der Waals surface area (Å²) in [7, 11) is 0. The van der Waals surface area contributed by atoms with Crippen molar-refractivity contribution >= 4 is 24.8 Å². The van der Waals surface area contributed by atoms with Crippen molar-refractivity contribution in [2.24, 2.45) is 0 Å². The van der Waals surface area contributed by atoms with Gasteiger partial charge in [0.2, 0.25) is 0 Å². The van der Waals surface area contributed by atoms with E-state index in [2.05, 4.69) is 23.7 Å². The Labute approximate surface area is 92.8 Å². The van der Waals surface area contributed by atoms with E-state index in [-0.39, 0.29) is 5.97 Å². The van der Waals surface area contributed by atoms with E-state index in [0.717, 1.165) is 12.8 Å². The van der Waals surface area contributed by atoms with Gasteiger partial charge in [-0.3, -0.25) is 0 Å². The summed E-state index contributed by atoms with van der Waals surface area (Å²) in [6, 6.07) is 0. The number of hydrogen-bond acceptors (Lipinski definition) is 2. The number of hydrogen-bond donors (Lipinski definition) is 0. The Balaban J connectivity index is 3.76. The first kappa shape index (κ1) is 14.3. The topological polar surface area (TPSA) is 26.3 Å². The molecule has 0 rings (SSSR count). The molecule has 0 aliphatic carbocycles. The van der Waals surface area contributed by atoms with Crippen LogP contribution in [0.3, 0.4) is 0 Å². The molecule has 0 spiro atoms. The Kier molecular flexibility index (Phi) is 7.69. The maximum absolute atomic E-state index is 11.4. The van der Waals surface area contributed by atoms with Crippen LogP contribution in [-0.4, -0.2) is 24.8 Å². The summed E-state index contributed by atoms with van der Waals surface area (Å²) in [5.41, 5.74) is 0. The molecule has 0 aliphatic heterocycles. The van der Waals surface area contributed by atoms with Gasteiger partial charge in [-0.15, -0.1) is 0 Å². The monoisotopic (exact) mass is 308 g/mol. The second-order valence-corrected chi connectivity index (χ2v) is 16.5. The van der Waals surface area contributed by atoms with Crippen LogP contribution in [0.2, 0.25) is 14.3 Å². The van der Waals surface area contributed by atoms with Gasteiger partial charge in [-0.25, -0.2) is 0 Å². The minimum atomic E-state index is -2.41. The molecule has 0 aromatic rings. The van der Waals surface area contributed by atoms with E-state index in [1.165, 1.54) is 17.3 Å². The summed E-state index contributed by atoms with van der Waals surface area (Å²) < 4.78 is 6.78. The Morgan fingerprint density at radius 3 is 2.21 bits per heavy atom. The Morgan fingerprint density at radius 1 is 1.14 bits per heavy atom. The fourth-order valence-corrected chi connectivity index (χ4v) is 7.11. The summed E-state index contributed by atoms with van der Waals surface area (Å²) in [5, 5.41) is 0. The summed E-state index contributed by atoms with van der Waals surface area (Å²) in [6.45, 7) is 4.28. The van der Waals surface area contributed by atoms with Crippen LogP contribution in [0.1, 0.15) is 46.0 Å². The van der Waals surface area contributed by atoms with Crippen LogP contribution in [0.5, 0.6) is 0 Å². The molecule has 3 heteroatoms.